The van der Waals surface area contributed by atoms with E-state index in [0.29, 0.717) is 26.9 Å². The zero-order valence-electron chi connectivity index (χ0n) is 14.1. The van der Waals surface area contributed by atoms with Crippen LogP contribution in [0.4, 0.5) is 5.69 Å². The number of carbonyl (C=O) groups excluding carboxylic acids is 2. The minimum Gasteiger partial charge on any atom is -0.345 e. The van der Waals surface area contributed by atoms with Gasteiger partial charge in [-0.15, -0.1) is 0 Å². The molecule has 0 heterocycles. The molecule has 2 amide bonds. The lowest BCUT2D eigenvalue weighted by Crippen LogP contribution is -2.21. The van der Waals surface area contributed by atoms with Crippen molar-refractivity contribution in [2.75, 3.05) is 19.4 Å². The van der Waals surface area contributed by atoms with Gasteiger partial charge in [0, 0.05) is 25.3 Å². The van der Waals surface area contributed by atoms with Crippen molar-refractivity contribution in [3.05, 3.63) is 69.2 Å². The first-order valence-electron chi connectivity index (χ1n) is 7.51. The first-order valence-corrected chi connectivity index (χ1v) is 8.27. The van der Waals surface area contributed by atoms with Crippen LogP contribution in [0.3, 0.4) is 0 Å². The fourth-order valence-corrected chi connectivity index (χ4v) is 2.38. The van der Waals surface area contributed by atoms with Gasteiger partial charge in [0.2, 0.25) is 0 Å². The zero-order chi connectivity index (χ0) is 19.3. The number of nitriles is 1. The van der Waals surface area contributed by atoms with Gasteiger partial charge in [0.15, 0.2) is 0 Å². The van der Waals surface area contributed by atoms with E-state index in [1.807, 2.05) is 6.07 Å². The van der Waals surface area contributed by atoms with Crippen LogP contribution in [0, 0.1) is 11.3 Å². The summed E-state index contributed by atoms with van der Waals surface area (Å²) < 4.78 is 0. The van der Waals surface area contributed by atoms with E-state index in [1.54, 1.807) is 56.6 Å². The van der Waals surface area contributed by atoms with Crippen LogP contribution in [0.15, 0.2) is 48.0 Å². The number of halogens is 2. The molecule has 7 heteroatoms. The topological polar surface area (TPSA) is 73.2 Å². The summed E-state index contributed by atoms with van der Waals surface area (Å²) in [6, 6.07) is 13.1. The summed E-state index contributed by atoms with van der Waals surface area (Å²) in [6.07, 6.45) is 1.42. The van der Waals surface area contributed by atoms with E-state index in [-0.39, 0.29) is 11.5 Å². The number of hydrogen-bond donors (Lipinski definition) is 1. The molecule has 0 saturated carbocycles. The average Bonchev–Trinajstić information content (AvgIpc) is 2.62. The molecule has 2 rings (SSSR count). The lowest BCUT2D eigenvalue weighted by Gasteiger charge is -2.11. The zero-order valence-corrected chi connectivity index (χ0v) is 15.6. The Labute approximate surface area is 161 Å². The Balaban J connectivity index is 2.16. The molecule has 2 aromatic rings. The van der Waals surface area contributed by atoms with Crippen molar-refractivity contribution in [1.29, 1.82) is 5.26 Å². The summed E-state index contributed by atoms with van der Waals surface area (Å²) >= 11 is 11.8. The van der Waals surface area contributed by atoms with E-state index in [9.17, 15) is 14.9 Å². The lowest BCUT2D eigenvalue weighted by atomic mass is 10.1. The Bertz CT molecular complexity index is 913. The molecule has 0 aliphatic carbocycles. The third-order valence-electron chi connectivity index (χ3n) is 3.42. The monoisotopic (exact) mass is 387 g/mol. The quantitative estimate of drug-likeness (QED) is 0.629. The van der Waals surface area contributed by atoms with Crippen LogP contribution in [-0.4, -0.2) is 30.8 Å². The second kappa shape index (κ2) is 8.52. The van der Waals surface area contributed by atoms with Crippen LogP contribution in [0.1, 0.15) is 15.9 Å². The maximum absolute atomic E-state index is 12.3. The van der Waals surface area contributed by atoms with Crippen molar-refractivity contribution >= 4 is 46.8 Å². The van der Waals surface area contributed by atoms with Crippen LogP contribution in [-0.2, 0) is 4.79 Å². The van der Waals surface area contributed by atoms with Gasteiger partial charge >= 0.3 is 0 Å². The Kier molecular flexibility index (Phi) is 6.40. The first-order chi connectivity index (χ1) is 12.3. The highest BCUT2D eigenvalue weighted by Gasteiger charge is 2.12. The lowest BCUT2D eigenvalue weighted by molar-refractivity contribution is -0.112. The van der Waals surface area contributed by atoms with Gasteiger partial charge in [0.25, 0.3) is 11.8 Å². The van der Waals surface area contributed by atoms with Gasteiger partial charge in [0.05, 0.1) is 10.0 Å². The van der Waals surface area contributed by atoms with Gasteiger partial charge in [0.1, 0.15) is 11.6 Å². The maximum atomic E-state index is 12.3. The van der Waals surface area contributed by atoms with E-state index in [2.05, 4.69) is 5.32 Å². The molecule has 0 fully saturated rings. The molecule has 0 radical (unpaired) electrons. The number of carbonyl (C=O) groups is 2. The van der Waals surface area contributed by atoms with Crippen molar-refractivity contribution in [1.82, 2.24) is 4.90 Å². The Morgan fingerprint density at radius 1 is 1.08 bits per heavy atom. The highest BCUT2D eigenvalue weighted by molar-refractivity contribution is 6.42. The number of anilines is 1. The van der Waals surface area contributed by atoms with Crippen molar-refractivity contribution in [3.8, 4) is 6.07 Å². The molecule has 2 aromatic carbocycles. The highest BCUT2D eigenvalue weighted by atomic mass is 35.5. The molecule has 0 saturated heterocycles. The summed E-state index contributed by atoms with van der Waals surface area (Å²) in [5, 5.41) is 12.6. The van der Waals surface area contributed by atoms with E-state index in [0.717, 1.165) is 0 Å². The third kappa shape index (κ3) is 4.85. The van der Waals surface area contributed by atoms with Crippen LogP contribution in [0.25, 0.3) is 6.08 Å². The molecule has 0 aliphatic rings. The summed E-state index contributed by atoms with van der Waals surface area (Å²) in [6.45, 7) is 0. The summed E-state index contributed by atoms with van der Waals surface area (Å²) in [7, 11) is 3.32. The molecule has 26 heavy (non-hydrogen) atoms. The third-order valence-corrected chi connectivity index (χ3v) is 4.15. The van der Waals surface area contributed by atoms with Crippen molar-refractivity contribution in [3.63, 3.8) is 0 Å². The van der Waals surface area contributed by atoms with Crippen molar-refractivity contribution < 1.29 is 9.59 Å². The molecule has 1 N–H and O–H groups in total. The molecule has 0 aromatic heterocycles. The smallest absolute Gasteiger partial charge is 0.266 e. The Hall–Kier alpha value is -2.81. The van der Waals surface area contributed by atoms with E-state index < -0.39 is 5.91 Å². The molecular formula is C19H15Cl2N3O2. The molecule has 0 unspecified atom stereocenters. The Morgan fingerprint density at radius 3 is 2.27 bits per heavy atom. The predicted molar refractivity (Wildman–Crippen MR) is 103 cm³/mol. The predicted octanol–water partition coefficient (Wildman–Crippen LogP) is 4.24. The van der Waals surface area contributed by atoms with Crippen LogP contribution in [0.5, 0.6) is 0 Å². The number of nitrogens with zero attached hydrogens (tertiary/aromatic N) is 2. The van der Waals surface area contributed by atoms with Gasteiger partial charge in [-0.25, -0.2) is 0 Å². The number of hydrogen-bond acceptors (Lipinski definition) is 3. The summed E-state index contributed by atoms with van der Waals surface area (Å²) in [5.41, 5.74) is 1.47. The van der Waals surface area contributed by atoms with Crippen LogP contribution in [0.2, 0.25) is 10.0 Å². The molecule has 132 valence electrons. The van der Waals surface area contributed by atoms with E-state index in [1.165, 1.54) is 11.0 Å². The van der Waals surface area contributed by atoms with Crippen molar-refractivity contribution in [2.45, 2.75) is 0 Å². The van der Waals surface area contributed by atoms with Crippen LogP contribution < -0.4 is 5.32 Å². The largest absolute Gasteiger partial charge is 0.345 e. The summed E-state index contributed by atoms with van der Waals surface area (Å²) in [4.78, 5) is 25.6. The van der Waals surface area contributed by atoms with Gasteiger partial charge in [-0.1, -0.05) is 29.3 Å². The number of amides is 2. The first kappa shape index (κ1) is 19.5. The van der Waals surface area contributed by atoms with Gasteiger partial charge in [-0.05, 0) is 48.0 Å². The molecule has 0 spiro atoms. The number of nitrogens with one attached hydrogen (secondary N) is 1. The fraction of sp³-hybridized carbons (Fsp3) is 0.105. The number of benzene rings is 2. The second-order valence-electron chi connectivity index (χ2n) is 5.57. The van der Waals surface area contributed by atoms with E-state index in [4.69, 9.17) is 23.2 Å². The van der Waals surface area contributed by atoms with Gasteiger partial charge < -0.3 is 10.2 Å². The van der Waals surface area contributed by atoms with E-state index >= 15 is 0 Å². The van der Waals surface area contributed by atoms with Gasteiger partial charge in [-0.3, -0.25) is 9.59 Å². The SMILES string of the molecule is CN(C)C(=O)c1ccc(NC(=O)/C(C#N)=C/c2ccc(Cl)c(Cl)c2)cc1. The molecule has 0 atom stereocenters. The standard InChI is InChI=1S/C19H15Cl2N3O2/c1-24(2)19(26)13-4-6-15(7-5-13)23-18(25)14(11-22)9-12-3-8-16(20)17(21)10-12/h3-10H,1-2H3,(H,23,25)/b14-9+. The van der Waals surface area contributed by atoms with Crippen LogP contribution >= 0.6 is 23.2 Å². The normalized spacial score (nSPS) is 10.8. The van der Waals surface area contributed by atoms with Crippen molar-refractivity contribution in [2.24, 2.45) is 0 Å². The fourth-order valence-electron chi connectivity index (χ4n) is 2.07. The average molecular weight is 388 g/mol. The molecule has 0 aliphatic heterocycles. The maximum Gasteiger partial charge on any atom is 0.266 e. The Morgan fingerprint density at radius 2 is 1.73 bits per heavy atom. The molecular weight excluding hydrogens is 373 g/mol. The van der Waals surface area contributed by atoms with Gasteiger partial charge in [-0.2, -0.15) is 5.26 Å². The second-order valence-corrected chi connectivity index (χ2v) is 6.39. The minimum absolute atomic E-state index is 0.0863. The highest BCUT2D eigenvalue weighted by Crippen LogP contribution is 2.24. The summed E-state index contributed by atoms with van der Waals surface area (Å²) in [5.74, 6) is -0.703. The minimum atomic E-state index is -0.565. The number of rotatable bonds is 4. The molecule has 0 bridgehead atoms. The molecule has 5 nitrogen and oxygen atoms in total.